The van der Waals surface area contributed by atoms with Crippen molar-refractivity contribution in [2.75, 3.05) is 6.54 Å². The van der Waals surface area contributed by atoms with Crippen molar-refractivity contribution in [3.8, 4) is 0 Å². The van der Waals surface area contributed by atoms with Gasteiger partial charge in [0.05, 0.1) is 6.42 Å². The van der Waals surface area contributed by atoms with Crippen LogP contribution in [-0.4, -0.2) is 44.1 Å². The van der Waals surface area contributed by atoms with E-state index in [0.717, 1.165) is 17.7 Å². The van der Waals surface area contributed by atoms with Gasteiger partial charge in [0.15, 0.2) is 6.10 Å². The van der Waals surface area contributed by atoms with Crippen LogP contribution in [0.3, 0.4) is 0 Å². The molecule has 1 N–H and O–H groups in total. The first-order chi connectivity index (χ1) is 14.4. The Kier molecular flexibility index (Phi) is 6.76. The van der Waals surface area contributed by atoms with Crippen molar-refractivity contribution in [1.82, 2.24) is 24.9 Å². The molecule has 0 aliphatic heterocycles. The Labute approximate surface area is 175 Å². The van der Waals surface area contributed by atoms with Crippen LogP contribution in [-0.2, 0) is 20.7 Å². The highest BCUT2D eigenvalue weighted by Gasteiger charge is 2.21. The fourth-order valence-corrected chi connectivity index (χ4v) is 3.44. The average Bonchev–Trinajstić information content (AvgIpc) is 3.20. The van der Waals surface area contributed by atoms with Crippen LogP contribution in [0.1, 0.15) is 48.7 Å². The molecule has 1 amide bonds. The Hall–Kier alpha value is -3.29. The number of nitrogens with one attached hydrogen (secondary N) is 1. The Bertz CT molecular complexity index is 1030. The third-order valence-electron chi connectivity index (χ3n) is 5.27. The predicted octanol–water partition coefficient (Wildman–Crippen LogP) is 2.53. The molecule has 8 heteroatoms. The molecule has 0 fully saturated rings. The summed E-state index contributed by atoms with van der Waals surface area (Å²) in [6.45, 7) is 7.82. The molecule has 0 radical (unpaired) electrons. The lowest BCUT2D eigenvalue weighted by Crippen LogP contribution is -2.38. The summed E-state index contributed by atoms with van der Waals surface area (Å²) in [7, 11) is 0. The van der Waals surface area contributed by atoms with Crippen molar-refractivity contribution in [3.05, 3.63) is 59.2 Å². The average molecular weight is 409 g/mol. The Morgan fingerprint density at radius 3 is 2.63 bits per heavy atom. The number of carbonyl (C=O) groups excluding carboxylic acids is 2. The lowest BCUT2D eigenvalue weighted by atomic mass is 9.96. The van der Waals surface area contributed by atoms with Gasteiger partial charge in [0.25, 0.3) is 11.7 Å². The molecule has 2 atom stereocenters. The quantitative estimate of drug-likeness (QED) is 0.574. The third kappa shape index (κ3) is 4.82. The number of hydrogen-bond acceptors (Lipinski definition) is 6. The van der Waals surface area contributed by atoms with Gasteiger partial charge in [-0.05, 0) is 32.8 Å². The Balaban J connectivity index is 1.57. The van der Waals surface area contributed by atoms with Gasteiger partial charge in [-0.3, -0.25) is 9.59 Å². The molecule has 3 rings (SSSR count). The molecule has 0 saturated carbocycles. The van der Waals surface area contributed by atoms with E-state index in [4.69, 9.17) is 4.74 Å². The lowest BCUT2D eigenvalue weighted by Gasteiger charge is -2.19. The van der Waals surface area contributed by atoms with Crippen LogP contribution in [0.4, 0.5) is 0 Å². The van der Waals surface area contributed by atoms with Gasteiger partial charge in [0.1, 0.15) is 6.33 Å². The normalized spacial score (nSPS) is 13.1. The van der Waals surface area contributed by atoms with E-state index in [1.54, 1.807) is 11.4 Å². The van der Waals surface area contributed by atoms with Crippen molar-refractivity contribution in [3.63, 3.8) is 0 Å². The van der Waals surface area contributed by atoms with E-state index in [0.29, 0.717) is 18.0 Å². The lowest BCUT2D eigenvalue weighted by molar-refractivity contribution is -0.154. The standard InChI is InChI=1S/C22H27N5O3/c1-5-17(18-9-7-6-8-10-18)12-23-21(29)16(4)30-20(28)11-19-14(2)26-22-24-13-25-27(22)15(19)3/h6-10,13,16-17H,5,11-12H2,1-4H3,(H,23,29)/t16-,17-/m1/s1. The molecule has 0 aliphatic carbocycles. The zero-order chi connectivity index (χ0) is 21.7. The molecule has 0 aliphatic rings. The molecule has 2 aromatic heterocycles. The molecule has 30 heavy (non-hydrogen) atoms. The molecule has 0 bridgehead atoms. The first kappa shape index (κ1) is 21.4. The van der Waals surface area contributed by atoms with Gasteiger partial charge < -0.3 is 10.1 Å². The summed E-state index contributed by atoms with van der Waals surface area (Å²) in [5.41, 5.74) is 3.36. The number of rotatable bonds is 8. The monoisotopic (exact) mass is 409 g/mol. The second-order valence-electron chi connectivity index (χ2n) is 7.30. The molecular weight excluding hydrogens is 382 g/mol. The minimum atomic E-state index is -0.880. The summed E-state index contributed by atoms with van der Waals surface area (Å²) in [5.74, 6) is -0.0983. The molecule has 1 aromatic carbocycles. The summed E-state index contributed by atoms with van der Waals surface area (Å²) in [4.78, 5) is 33.3. The molecule has 8 nitrogen and oxygen atoms in total. The van der Waals surface area contributed by atoms with Crippen LogP contribution in [0.5, 0.6) is 0 Å². The van der Waals surface area contributed by atoms with Crippen LogP contribution in [0.15, 0.2) is 36.7 Å². The van der Waals surface area contributed by atoms with E-state index in [1.165, 1.54) is 11.9 Å². The Morgan fingerprint density at radius 1 is 1.20 bits per heavy atom. The maximum Gasteiger partial charge on any atom is 0.311 e. The van der Waals surface area contributed by atoms with Gasteiger partial charge in [-0.1, -0.05) is 37.3 Å². The van der Waals surface area contributed by atoms with Crippen LogP contribution in [0.25, 0.3) is 5.78 Å². The SMILES string of the molecule is CC[C@H](CNC(=O)[C@@H](C)OC(=O)Cc1c(C)nc2ncnn2c1C)c1ccccc1. The summed E-state index contributed by atoms with van der Waals surface area (Å²) >= 11 is 0. The molecule has 3 aromatic rings. The summed E-state index contributed by atoms with van der Waals surface area (Å²) in [6.07, 6.45) is 1.45. The molecular formula is C22H27N5O3. The topological polar surface area (TPSA) is 98.5 Å². The predicted molar refractivity (Wildman–Crippen MR) is 112 cm³/mol. The zero-order valence-corrected chi connectivity index (χ0v) is 17.8. The number of nitrogens with zero attached hydrogens (tertiary/aromatic N) is 4. The third-order valence-corrected chi connectivity index (χ3v) is 5.27. The van der Waals surface area contributed by atoms with Crippen LogP contribution in [0.2, 0.25) is 0 Å². The van der Waals surface area contributed by atoms with E-state index in [9.17, 15) is 9.59 Å². The number of carbonyl (C=O) groups is 2. The number of ether oxygens (including phenoxy) is 1. The summed E-state index contributed by atoms with van der Waals surface area (Å²) in [5, 5.41) is 7.01. The molecule has 0 spiro atoms. The fourth-order valence-electron chi connectivity index (χ4n) is 3.44. The number of fused-ring (bicyclic) bond motifs is 1. The number of hydrogen-bond donors (Lipinski definition) is 1. The van der Waals surface area contributed by atoms with Crippen molar-refractivity contribution < 1.29 is 14.3 Å². The number of esters is 1. The van der Waals surface area contributed by atoms with E-state index < -0.39 is 12.1 Å². The van der Waals surface area contributed by atoms with Crippen molar-refractivity contribution in [2.24, 2.45) is 0 Å². The van der Waals surface area contributed by atoms with Gasteiger partial charge in [0.2, 0.25) is 0 Å². The van der Waals surface area contributed by atoms with Gasteiger partial charge in [-0.2, -0.15) is 10.1 Å². The van der Waals surface area contributed by atoms with Crippen molar-refractivity contribution in [1.29, 1.82) is 0 Å². The summed E-state index contributed by atoms with van der Waals surface area (Å²) in [6, 6.07) is 10.0. The maximum absolute atomic E-state index is 12.4. The molecule has 0 unspecified atom stereocenters. The highest BCUT2D eigenvalue weighted by Crippen LogP contribution is 2.18. The first-order valence-corrected chi connectivity index (χ1v) is 10.1. The zero-order valence-electron chi connectivity index (χ0n) is 17.8. The van der Waals surface area contributed by atoms with E-state index >= 15 is 0 Å². The van der Waals surface area contributed by atoms with E-state index in [2.05, 4.69) is 39.4 Å². The second kappa shape index (κ2) is 9.47. The smallest absolute Gasteiger partial charge is 0.311 e. The number of aryl methyl sites for hydroxylation is 2. The first-order valence-electron chi connectivity index (χ1n) is 10.1. The highest BCUT2D eigenvalue weighted by atomic mass is 16.5. The number of amides is 1. The van der Waals surface area contributed by atoms with Gasteiger partial charge in [0, 0.05) is 29.4 Å². The minimum Gasteiger partial charge on any atom is -0.452 e. The number of benzene rings is 1. The number of aromatic nitrogens is 4. The van der Waals surface area contributed by atoms with Crippen molar-refractivity contribution in [2.45, 2.75) is 52.6 Å². The fraction of sp³-hybridized carbons (Fsp3) is 0.409. The van der Waals surface area contributed by atoms with E-state index in [-0.39, 0.29) is 18.2 Å². The van der Waals surface area contributed by atoms with Crippen LogP contribution < -0.4 is 5.32 Å². The molecule has 0 saturated heterocycles. The maximum atomic E-state index is 12.4. The van der Waals surface area contributed by atoms with E-state index in [1.807, 2.05) is 32.0 Å². The minimum absolute atomic E-state index is 0.0136. The largest absolute Gasteiger partial charge is 0.452 e. The van der Waals surface area contributed by atoms with Crippen LogP contribution in [0, 0.1) is 13.8 Å². The van der Waals surface area contributed by atoms with Gasteiger partial charge in [-0.15, -0.1) is 0 Å². The summed E-state index contributed by atoms with van der Waals surface area (Å²) < 4.78 is 6.95. The highest BCUT2D eigenvalue weighted by molar-refractivity contribution is 5.84. The molecule has 2 heterocycles. The van der Waals surface area contributed by atoms with Crippen LogP contribution >= 0.6 is 0 Å². The van der Waals surface area contributed by atoms with Gasteiger partial charge in [-0.25, -0.2) is 9.50 Å². The Morgan fingerprint density at radius 2 is 1.93 bits per heavy atom. The molecule has 158 valence electrons. The second-order valence-corrected chi connectivity index (χ2v) is 7.30. The van der Waals surface area contributed by atoms with Crippen molar-refractivity contribution >= 4 is 17.7 Å². The van der Waals surface area contributed by atoms with Gasteiger partial charge >= 0.3 is 5.97 Å².